The molecule has 4 nitrogen and oxygen atoms in total. The molecule has 3 aromatic rings. The molecule has 1 N–H and O–H groups in total. The minimum absolute atomic E-state index is 0.0775. The molecule has 0 spiro atoms. The lowest BCUT2D eigenvalue weighted by Crippen LogP contribution is -2.26. The van der Waals surface area contributed by atoms with Gasteiger partial charge in [-0.1, -0.05) is 24.3 Å². The molecular formula is C17H15FN2O2. The number of aliphatic hydroxyl groups is 1. The van der Waals surface area contributed by atoms with Crippen molar-refractivity contribution in [3.8, 4) is 0 Å². The molecule has 5 heteroatoms. The van der Waals surface area contributed by atoms with Gasteiger partial charge < -0.3 is 5.11 Å². The van der Waals surface area contributed by atoms with E-state index < -0.39 is 6.10 Å². The summed E-state index contributed by atoms with van der Waals surface area (Å²) in [4.78, 5) is 16.9. The average Bonchev–Trinajstić information content (AvgIpc) is 2.52. The van der Waals surface area contributed by atoms with Crippen molar-refractivity contribution in [3.05, 3.63) is 76.1 Å². The van der Waals surface area contributed by atoms with Crippen LogP contribution >= 0.6 is 0 Å². The fraction of sp³-hybridized carbons (Fsp3) is 0.176. The second-order valence-electron chi connectivity index (χ2n) is 5.16. The Labute approximate surface area is 126 Å². The van der Waals surface area contributed by atoms with E-state index in [1.165, 1.54) is 28.8 Å². The van der Waals surface area contributed by atoms with Gasteiger partial charge in [0.1, 0.15) is 11.6 Å². The van der Waals surface area contributed by atoms with Crippen LogP contribution in [0.15, 0.2) is 53.3 Å². The lowest BCUT2D eigenvalue weighted by molar-refractivity contribution is 0.154. The molecule has 3 rings (SSSR count). The molecular weight excluding hydrogens is 283 g/mol. The maximum absolute atomic E-state index is 12.9. The van der Waals surface area contributed by atoms with E-state index in [-0.39, 0.29) is 17.9 Å². The van der Waals surface area contributed by atoms with Gasteiger partial charge in [0.25, 0.3) is 5.56 Å². The van der Waals surface area contributed by atoms with E-state index in [1.807, 2.05) is 6.07 Å². The zero-order valence-electron chi connectivity index (χ0n) is 12.0. The quantitative estimate of drug-likeness (QED) is 0.808. The molecule has 1 heterocycles. The van der Waals surface area contributed by atoms with E-state index >= 15 is 0 Å². The number of nitrogens with zero attached hydrogens (tertiary/aromatic N) is 2. The molecule has 112 valence electrons. The molecule has 0 fully saturated rings. The number of benzene rings is 2. The molecule has 1 unspecified atom stereocenters. The first kappa shape index (κ1) is 14.4. The Morgan fingerprint density at radius 2 is 1.86 bits per heavy atom. The van der Waals surface area contributed by atoms with Gasteiger partial charge in [-0.3, -0.25) is 9.36 Å². The number of halogens is 1. The van der Waals surface area contributed by atoms with E-state index in [0.29, 0.717) is 22.3 Å². The number of aliphatic hydroxyl groups excluding tert-OH is 1. The number of fused-ring (bicyclic) bond motifs is 1. The first-order chi connectivity index (χ1) is 10.6. The van der Waals surface area contributed by atoms with Crippen molar-refractivity contribution in [2.24, 2.45) is 0 Å². The second-order valence-corrected chi connectivity index (χ2v) is 5.16. The highest BCUT2D eigenvalue weighted by molar-refractivity contribution is 5.77. The Hall–Kier alpha value is -2.53. The molecule has 0 aliphatic heterocycles. The number of aromatic nitrogens is 2. The maximum Gasteiger partial charge on any atom is 0.261 e. The molecule has 0 aliphatic carbocycles. The van der Waals surface area contributed by atoms with Crippen molar-refractivity contribution in [3.63, 3.8) is 0 Å². The highest BCUT2D eigenvalue weighted by atomic mass is 19.1. The van der Waals surface area contributed by atoms with Gasteiger partial charge in [-0.15, -0.1) is 0 Å². The van der Waals surface area contributed by atoms with Crippen LogP contribution < -0.4 is 5.56 Å². The summed E-state index contributed by atoms with van der Waals surface area (Å²) in [5, 5.41) is 10.8. The Bertz CT molecular complexity index is 872. The second kappa shape index (κ2) is 5.69. The number of para-hydroxylation sites is 1. The Kier molecular flexibility index (Phi) is 3.73. The van der Waals surface area contributed by atoms with Crippen LogP contribution in [0.25, 0.3) is 10.9 Å². The van der Waals surface area contributed by atoms with Crippen molar-refractivity contribution in [1.82, 2.24) is 9.55 Å². The van der Waals surface area contributed by atoms with Crippen LogP contribution in [0.3, 0.4) is 0 Å². The molecule has 22 heavy (non-hydrogen) atoms. The topological polar surface area (TPSA) is 55.1 Å². The summed E-state index contributed by atoms with van der Waals surface area (Å²) in [5.41, 5.74) is 1.00. The Balaban J connectivity index is 2.00. The van der Waals surface area contributed by atoms with Gasteiger partial charge in [0, 0.05) is 0 Å². The average molecular weight is 298 g/mol. The first-order valence-corrected chi connectivity index (χ1v) is 6.96. The van der Waals surface area contributed by atoms with Gasteiger partial charge in [-0.25, -0.2) is 9.37 Å². The molecule has 1 atom stereocenters. The van der Waals surface area contributed by atoms with Crippen LogP contribution in [-0.4, -0.2) is 14.7 Å². The minimum atomic E-state index is -0.903. The molecule has 0 aliphatic rings. The van der Waals surface area contributed by atoms with Crippen LogP contribution in [0.2, 0.25) is 0 Å². The van der Waals surface area contributed by atoms with E-state index in [1.54, 1.807) is 25.1 Å². The fourth-order valence-corrected chi connectivity index (χ4v) is 2.46. The summed E-state index contributed by atoms with van der Waals surface area (Å²) >= 11 is 0. The third-order valence-corrected chi connectivity index (χ3v) is 3.66. The summed E-state index contributed by atoms with van der Waals surface area (Å²) < 4.78 is 14.4. The van der Waals surface area contributed by atoms with Crippen LogP contribution in [0, 0.1) is 12.7 Å². The van der Waals surface area contributed by atoms with Crippen molar-refractivity contribution in [1.29, 1.82) is 0 Å². The SMILES string of the molecule is Cc1nc2ccccc2c(=O)n1CC(O)c1ccc(F)cc1. The highest BCUT2D eigenvalue weighted by Gasteiger charge is 2.13. The highest BCUT2D eigenvalue weighted by Crippen LogP contribution is 2.16. The van der Waals surface area contributed by atoms with Gasteiger partial charge in [-0.05, 0) is 36.8 Å². The predicted octanol–water partition coefficient (Wildman–Crippen LogP) is 2.58. The van der Waals surface area contributed by atoms with Crippen molar-refractivity contribution >= 4 is 10.9 Å². The minimum Gasteiger partial charge on any atom is -0.387 e. The van der Waals surface area contributed by atoms with Crippen molar-refractivity contribution in [2.45, 2.75) is 19.6 Å². The number of rotatable bonds is 3. The van der Waals surface area contributed by atoms with Gasteiger partial charge >= 0.3 is 0 Å². The number of aryl methyl sites for hydroxylation is 1. The number of hydrogen-bond donors (Lipinski definition) is 1. The van der Waals surface area contributed by atoms with E-state index in [9.17, 15) is 14.3 Å². The normalized spacial score (nSPS) is 12.5. The van der Waals surface area contributed by atoms with Crippen molar-refractivity contribution in [2.75, 3.05) is 0 Å². The smallest absolute Gasteiger partial charge is 0.261 e. The fourth-order valence-electron chi connectivity index (χ4n) is 2.46. The number of hydrogen-bond acceptors (Lipinski definition) is 3. The lowest BCUT2D eigenvalue weighted by atomic mass is 10.1. The molecule has 0 radical (unpaired) electrons. The van der Waals surface area contributed by atoms with Crippen LogP contribution in [0.5, 0.6) is 0 Å². The largest absolute Gasteiger partial charge is 0.387 e. The van der Waals surface area contributed by atoms with Crippen LogP contribution in [-0.2, 0) is 6.54 Å². The third kappa shape index (κ3) is 2.63. The first-order valence-electron chi connectivity index (χ1n) is 6.96. The van der Waals surface area contributed by atoms with Crippen LogP contribution in [0.1, 0.15) is 17.5 Å². The Morgan fingerprint density at radius 3 is 2.59 bits per heavy atom. The van der Waals surface area contributed by atoms with Gasteiger partial charge in [0.15, 0.2) is 0 Å². The van der Waals surface area contributed by atoms with E-state index in [4.69, 9.17) is 0 Å². The maximum atomic E-state index is 12.9. The summed E-state index contributed by atoms with van der Waals surface area (Å²) in [6.07, 6.45) is -0.903. The molecule has 0 bridgehead atoms. The molecule has 2 aromatic carbocycles. The van der Waals surface area contributed by atoms with Gasteiger partial charge in [0.05, 0.1) is 23.6 Å². The molecule has 0 saturated heterocycles. The molecule has 1 aromatic heterocycles. The predicted molar refractivity (Wildman–Crippen MR) is 82.1 cm³/mol. The lowest BCUT2D eigenvalue weighted by Gasteiger charge is -2.15. The summed E-state index contributed by atoms with van der Waals surface area (Å²) in [6, 6.07) is 12.7. The van der Waals surface area contributed by atoms with Gasteiger partial charge in [-0.2, -0.15) is 0 Å². The van der Waals surface area contributed by atoms with Gasteiger partial charge in [0.2, 0.25) is 0 Å². The summed E-state index contributed by atoms with van der Waals surface area (Å²) in [5.74, 6) is 0.168. The summed E-state index contributed by atoms with van der Waals surface area (Å²) in [7, 11) is 0. The summed E-state index contributed by atoms with van der Waals surface area (Å²) in [6.45, 7) is 1.80. The zero-order chi connectivity index (χ0) is 15.7. The van der Waals surface area contributed by atoms with Crippen LogP contribution in [0.4, 0.5) is 4.39 Å². The van der Waals surface area contributed by atoms with Crippen molar-refractivity contribution < 1.29 is 9.50 Å². The standard InChI is InChI=1S/C17H15FN2O2/c1-11-19-15-5-3-2-4-14(15)17(22)20(11)10-16(21)12-6-8-13(18)9-7-12/h2-9,16,21H,10H2,1H3. The third-order valence-electron chi connectivity index (χ3n) is 3.66. The zero-order valence-corrected chi connectivity index (χ0v) is 12.0. The Morgan fingerprint density at radius 1 is 1.18 bits per heavy atom. The molecule has 0 amide bonds. The van der Waals surface area contributed by atoms with E-state index in [0.717, 1.165) is 0 Å². The monoisotopic (exact) mass is 298 g/mol. The van der Waals surface area contributed by atoms with E-state index in [2.05, 4.69) is 4.98 Å². The molecule has 0 saturated carbocycles.